The fourth-order valence-electron chi connectivity index (χ4n) is 1.94. The molecule has 1 saturated carbocycles. The first-order valence-corrected chi connectivity index (χ1v) is 4.99. The average molecular weight is 192 g/mol. The molecule has 0 aromatic heterocycles. The first-order chi connectivity index (χ1) is 5.93. The summed E-state index contributed by atoms with van der Waals surface area (Å²) < 4.78 is 26.3. The Labute approximate surface area is 78.1 Å². The summed E-state index contributed by atoms with van der Waals surface area (Å²) in [5.41, 5.74) is 0. The maximum absolute atomic E-state index is 13.2. The molecule has 0 amide bonds. The highest BCUT2D eigenvalue weighted by molar-refractivity contribution is 4.85. The van der Waals surface area contributed by atoms with E-state index in [0.717, 1.165) is 0 Å². The molecule has 1 aliphatic carbocycles. The number of hydrogen-bond donors (Lipinski definition) is 1. The lowest BCUT2D eigenvalue weighted by Crippen LogP contribution is -2.26. The van der Waals surface area contributed by atoms with Gasteiger partial charge in [-0.05, 0) is 32.1 Å². The van der Waals surface area contributed by atoms with Gasteiger partial charge in [0.05, 0.1) is 6.10 Å². The maximum atomic E-state index is 13.2. The Bertz CT molecular complexity index is 168. The van der Waals surface area contributed by atoms with Crippen LogP contribution in [0.25, 0.3) is 0 Å². The van der Waals surface area contributed by atoms with Gasteiger partial charge in [-0.25, -0.2) is 8.78 Å². The molecule has 0 saturated heterocycles. The smallest absolute Gasteiger partial charge is 0.250 e. The lowest BCUT2D eigenvalue weighted by molar-refractivity contribution is -0.0493. The van der Waals surface area contributed by atoms with E-state index in [9.17, 15) is 13.9 Å². The summed E-state index contributed by atoms with van der Waals surface area (Å²) in [6.45, 7) is 3.50. The molecule has 1 rings (SSSR count). The Morgan fingerprint density at radius 1 is 1.46 bits per heavy atom. The predicted octanol–water partition coefficient (Wildman–Crippen LogP) is 2.83. The number of rotatable bonds is 3. The Balaban J connectivity index is 2.45. The van der Waals surface area contributed by atoms with E-state index in [1.165, 1.54) is 0 Å². The quantitative estimate of drug-likeness (QED) is 0.729. The van der Waals surface area contributed by atoms with E-state index < -0.39 is 17.9 Å². The van der Waals surface area contributed by atoms with E-state index in [2.05, 4.69) is 0 Å². The molecular formula is C10H18F2O. The van der Waals surface area contributed by atoms with Crippen LogP contribution >= 0.6 is 0 Å². The van der Waals surface area contributed by atoms with Crippen LogP contribution in [0.1, 0.15) is 39.5 Å². The number of hydrogen-bond acceptors (Lipinski definition) is 1. The van der Waals surface area contributed by atoms with Crippen molar-refractivity contribution >= 4 is 0 Å². The van der Waals surface area contributed by atoms with Crippen molar-refractivity contribution in [3.8, 4) is 0 Å². The van der Waals surface area contributed by atoms with Crippen molar-refractivity contribution in [1.82, 2.24) is 0 Å². The van der Waals surface area contributed by atoms with Crippen LogP contribution in [-0.2, 0) is 0 Å². The lowest BCUT2D eigenvalue weighted by atomic mass is 9.90. The average Bonchev–Trinajstić information content (AvgIpc) is 2.30. The molecule has 0 aromatic rings. The van der Waals surface area contributed by atoms with Crippen LogP contribution in [-0.4, -0.2) is 17.1 Å². The molecule has 3 heteroatoms. The monoisotopic (exact) mass is 192 g/mol. The first-order valence-electron chi connectivity index (χ1n) is 4.99. The SMILES string of the molecule is CC(O)C(C)CC1CCCC1(F)F. The Morgan fingerprint density at radius 2 is 2.08 bits per heavy atom. The highest BCUT2D eigenvalue weighted by atomic mass is 19.3. The van der Waals surface area contributed by atoms with Crippen LogP contribution in [0, 0.1) is 11.8 Å². The van der Waals surface area contributed by atoms with Gasteiger partial charge < -0.3 is 5.11 Å². The standard InChI is InChI=1S/C10H18F2O/c1-7(8(2)13)6-9-4-3-5-10(9,11)12/h7-9,13H,3-6H2,1-2H3. The van der Waals surface area contributed by atoms with E-state index in [4.69, 9.17) is 0 Å². The van der Waals surface area contributed by atoms with Crippen LogP contribution in [0.4, 0.5) is 8.78 Å². The topological polar surface area (TPSA) is 20.2 Å². The molecule has 78 valence electrons. The first kappa shape index (κ1) is 10.9. The molecular weight excluding hydrogens is 174 g/mol. The van der Waals surface area contributed by atoms with Crippen molar-refractivity contribution in [1.29, 1.82) is 0 Å². The Morgan fingerprint density at radius 3 is 2.46 bits per heavy atom. The summed E-state index contributed by atoms with van der Waals surface area (Å²) in [6.07, 6.45) is 1.25. The van der Waals surface area contributed by atoms with E-state index >= 15 is 0 Å². The summed E-state index contributed by atoms with van der Waals surface area (Å²) >= 11 is 0. The van der Waals surface area contributed by atoms with Gasteiger partial charge in [0.25, 0.3) is 5.92 Å². The minimum atomic E-state index is -2.48. The molecule has 0 aromatic carbocycles. The fourth-order valence-corrected chi connectivity index (χ4v) is 1.94. The van der Waals surface area contributed by atoms with Crippen molar-refractivity contribution in [2.75, 3.05) is 0 Å². The maximum Gasteiger partial charge on any atom is 0.250 e. The van der Waals surface area contributed by atoms with Gasteiger partial charge in [-0.2, -0.15) is 0 Å². The highest BCUT2D eigenvalue weighted by Gasteiger charge is 2.44. The molecule has 0 radical (unpaired) electrons. The van der Waals surface area contributed by atoms with E-state index in [1.807, 2.05) is 6.92 Å². The molecule has 1 N–H and O–H groups in total. The molecule has 1 fully saturated rings. The van der Waals surface area contributed by atoms with Gasteiger partial charge >= 0.3 is 0 Å². The summed E-state index contributed by atoms with van der Waals surface area (Å²) in [4.78, 5) is 0. The minimum Gasteiger partial charge on any atom is -0.393 e. The van der Waals surface area contributed by atoms with Gasteiger partial charge in [-0.15, -0.1) is 0 Å². The second kappa shape index (κ2) is 3.91. The largest absolute Gasteiger partial charge is 0.393 e. The number of halogens is 2. The van der Waals surface area contributed by atoms with Gasteiger partial charge in [0.2, 0.25) is 0 Å². The van der Waals surface area contributed by atoms with Crippen molar-refractivity contribution in [2.45, 2.75) is 51.6 Å². The molecule has 0 bridgehead atoms. The third-order valence-corrected chi connectivity index (χ3v) is 3.14. The van der Waals surface area contributed by atoms with Gasteiger partial charge in [0.15, 0.2) is 0 Å². The van der Waals surface area contributed by atoms with E-state index in [-0.39, 0.29) is 12.3 Å². The second-order valence-electron chi connectivity index (χ2n) is 4.30. The van der Waals surface area contributed by atoms with Crippen molar-refractivity contribution < 1.29 is 13.9 Å². The van der Waals surface area contributed by atoms with Crippen LogP contribution in [0.5, 0.6) is 0 Å². The highest BCUT2D eigenvalue weighted by Crippen LogP contribution is 2.43. The van der Waals surface area contributed by atoms with Crippen molar-refractivity contribution in [3.05, 3.63) is 0 Å². The number of alkyl halides is 2. The zero-order valence-electron chi connectivity index (χ0n) is 8.26. The fraction of sp³-hybridized carbons (Fsp3) is 1.00. The molecule has 0 aliphatic heterocycles. The van der Waals surface area contributed by atoms with Crippen molar-refractivity contribution in [2.24, 2.45) is 11.8 Å². The summed E-state index contributed by atoms with van der Waals surface area (Å²) in [5, 5.41) is 9.21. The Hall–Kier alpha value is -0.180. The normalized spacial score (nSPS) is 31.6. The van der Waals surface area contributed by atoms with Gasteiger partial charge in [0.1, 0.15) is 0 Å². The summed E-state index contributed by atoms with van der Waals surface area (Å²) in [6, 6.07) is 0. The molecule has 0 heterocycles. The lowest BCUT2D eigenvalue weighted by Gasteiger charge is -2.23. The predicted molar refractivity (Wildman–Crippen MR) is 47.7 cm³/mol. The minimum absolute atomic E-state index is 0.0195. The second-order valence-corrected chi connectivity index (χ2v) is 4.30. The molecule has 0 spiro atoms. The molecule has 3 unspecified atom stereocenters. The summed E-state index contributed by atoms with van der Waals surface area (Å²) in [5.74, 6) is -3.01. The Kier molecular flexibility index (Phi) is 3.28. The van der Waals surface area contributed by atoms with E-state index in [1.54, 1.807) is 6.92 Å². The number of aliphatic hydroxyl groups is 1. The van der Waals surface area contributed by atoms with Gasteiger partial charge in [-0.1, -0.05) is 6.92 Å². The molecule has 1 aliphatic rings. The zero-order valence-corrected chi connectivity index (χ0v) is 8.26. The van der Waals surface area contributed by atoms with Crippen molar-refractivity contribution in [3.63, 3.8) is 0 Å². The van der Waals surface area contributed by atoms with Crippen LogP contribution in [0.3, 0.4) is 0 Å². The van der Waals surface area contributed by atoms with E-state index in [0.29, 0.717) is 19.3 Å². The van der Waals surface area contributed by atoms with Gasteiger partial charge in [-0.3, -0.25) is 0 Å². The third kappa shape index (κ3) is 2.63. The summed E-state index contributed by atoms with van der Waals surface area (Å²) in [7, 11) is 0. The molecule has 1 nitrogen and oxygen atoms in total. The molecule has 13 heavy (non-hydrogen) atoms. The number of aliphatic hydroxyl groups excluding tert-OH is 1. The van der Waals surface area contributed by atoms with Crippen LogP contribution < -0.4 is 0 Å². The third-order valence-electron chi connectivity index (χ3n) is 3.14. The van der Waals surface area contributed by atoms with Crippen LogP contribution in [0.2, 0.25) is 0 Å². The molecule has 3 atom stereocenters. The van der Waals surface area contributed by atoms with Gasteiger partial charge in [0, 0.05) is 12.3 Å². The van der Waals surface area contributed by atoms with Crippen LogP contribution in [0.15, 0.2) is 0 Å². The zero-order chi connectivity index (χ0) is 10.1.